The number of benzene rings is 2. The zero-order valence-electron chi connectivity index (χ0n) is 20.8. The number of ether oxygens (including phenoxy) is 2. The van der Waals surface area contributed by atoms with Gasteiger partial charge in [0.05, 0.1) is 36.8 Å². The zero-order valence-corrected chi connectivity index (χ0v) is 21.5. The molecule has 2 aliphatic rings. The molecule has 2 aromatic carbocycles. The molecule has 3 aromatic rings. The van der Waals surface area contributed by atoms with E-state index in [-0.39, 0.29) is 11.8 Å². The Labute approximate surface area is 215 Å². The molecule has 0 bridgehead atoms. The summed E-state index contributed by atoms with van der Waals surface area (Å²) < 4.78 is 12.8. The molecule has 1 aliphatic carbocycles. The maximum absolute atomic E-state index is 13.5. The highest BCUT2D eigenvalue weighted by Gasteiger charge is 2.43. The van der Waals surface area contributed by atoms with Crippen LogP contribution in [0.1, 0.15) is 58.8 Å². The molecule has 1 aliphatic heterocycles. The van der Waals surface area contributed by atoms with Gasteiger partial charge in [-0.1, -0.05) is 48.7 Å². The van der Waals surface area contributed by atoms with Gasteiger partial charge >= 0.3 is 5.97 Å². The summed E-state index contributed by atoms with van der Waals surface area (Å²) in [5.74, 6) is -0.739. The van der Waals surface area contributed by atoms with Crippen molar-refractivity contribution < 1.29 is 24.2 Å². The molecule has 1 aromatic heterocycles. The second-order valence-corrected chi connectivity index (χ2v) is 10.4. The summed E-state index contributed by atoms with van der Waals surface area (Å²) in [6, 6.07) is 11.3. The quantitative estimate of drug-likeness (QED) is 0.458. The van der Waals surface area contributed by atoms with Gasteiger partial charge < -0.3 is 24.5 Å². The number of nitrogens with one attached hydrogen (secondary N) is 1. The summed E-state index contributed by atoms with van der Waals surface area (Å²) in [6.07, 6.45) is 4.08. The molecule has 190 valence electrons. The number of carboxylic acid groups (broad SMARTS) is 1. The van der Waals surface area contributed by atoms with Gasteiger partial charge in [0, 0.05) is 18.5 Å². The van der Waals surface area contributed by atoms with Crippen LogP contribution in [0.15, 0.2) is 36.4 Å². The largest absolute Gasteiger partial charge is 0.495 e. The molecular weight excluding hydrogens is 480 g/mol. The summed E-state index contributed by atoms with van der Waals surface area (Å²) in [5.41, 5.74) is 3.27. The minimum absolute atomic E-state index is 0.177. The molecule has 1 saturated carbocycles. The van der Waals surface area contributed by atoms with Gasteiger partial charge in [-0.05, 0) is 48.4 Å². The molecule has 7 nitrogen and oxygen atoms in total. The molecule has 0 radical (unpaired) electrons. The number of aryl methyl sites for hydroxylation is 2. The van der Waals surface area contributed by atoms with Gasteiger partial charge in [0.25, 0.3) is 5.91 Å². The summed E-state index contributed by atoms with van der Waals surface area (Å²) in [6.45, 7) is 2.62. The van der Waals surface area contributed by atoms with Crippen molar-refractivity contribution in [3.63, 3.8) is 0 Å². The molecule has 5 rings (SSSR count). The van der Waals surface area contributed by atoms with Crippen LogP contribution in [0.5, 0.6) is 5.75 Å². The number of nitrogens with zero attached hydrogens (tertiary/aromatic N) is 1. The normalized spacial score (nSPS) is 18.1. The topological polar surface area (TPSA) is 89.8 Å². The van der Waals surface area contributed by atoms with E-state index in [9.17, 15) is 14.7 Å². The first-order valence-corrected chi connectivity index (χ1v) is 12.7. The van der Waals surface area contributed by atoms with Crippen LogP contribution in [-0.2, 0) is 22.1 Å². The fourth-order valence-electron chi connectivity index (χ4n) is 5.76. The van der Waals surface area contributed by atoms with Crippen molar-refractivity contribution >= 4 is 34.4 Å². The van der Waals surface area contributed by atoms with E-state index in [1.807, 2.05) is 54.9 Å². The predicted molar refractivity (Wildman–Crippen MR) is 138 cm³/mol. The third kappa shape index (κ3) is 4.04. The van der Waals surface area contributed by atoms with Gasteiger partial charge in [-0.3, -0.25) is 9.59 Å². The number of methoxy groups -OCH3 is 1. The lowest BCUT2D eigenvalue weighted by atomic mass is 9.82. The van der Waals surface area contributed by atoms with Crippen LogP contribution in [-0.4, -0.2) is 41.9 Å². The van der Waals surface area contributed by atoms with E-state index >= 15 is 0 Å². The molecule has 1 saturated heterocycles. The second kappa shape index (κ2) is 9.45. The second-order valence-electron chi connectivity index (χ2n) is 10.1. The molecule has 36 heavy (non-hydrogen) atoms. The fourth-order valence-corrected chi connectivity index (χ4v) is 6.00. The lowest BCUT2D eigenvalue weighted by molar-refractivity contribution is -0.140. The Hall–Kier alpha value is -3.03. The van der Waals surface area contributed by atoms with Gasteiger partial charge in [0.2, 0.25) is 0 Å². The molecule has 1 atom stereocenters. The highest BCUT2D eigenvalue weighted by molar-refractivity contribution is 6.34. The number of aliphatic carboxylic acids is 1. The highest BCUT2D eigenvalue weighted by atomic mass is 35.5. The number of rotatable bonds is 7. The van der Waals surface area contributed by atoms with Crippen molar-refractivity contribution in [3.05, 3.63) is 63.8 Å². The van der Waals surface area contributed by atoms with Crippen LogP contribution >= 0.6 is 11.6 Å². The van der Waals surface area contributed by atoms with Crippen molar-refractivity contribution in [2.24, 2.45) is 13.0 Å². The number of aromatic nitrogens is 1. The fraction of sp³-hybridized carbons (Fsp3) is 0.429. The Morgan fingerprint density at radius 3 is 2.42 bits per heavy atom. The van der Waals surface area contributed by atoms with E-state index in [1.165, 1.54) is 0 Å². The van der Waals surface area contributed by atoms with Crippen LogP contribution in [0.2, 0.25) is 5.02 Å². The molecule has 2 N–H and O–H groups in total. The molecule has 2 fully saturated rings. The molecule has 1 amide bonds. The Bertz CT molecular complexity index is 1320. The first-order chi connectivity index (χ1) is 17.3. The van der Waals surface area contributed by atoms with Gasteiger partial charge in [0.1, 0.15) is 17.0 Å². The van der Waals surface area contributed by atoms with Crippen LogP contribution < -0.4 is 10.1 Å². The van der Waals surface area contributed by atoms with Crippen molar-refractivity contribution in [2.45, 2.75) is 44.1 Å². The average Bonchev–Trinajstić information content (AvgIpc) is 3.47. The van der Waals surface area contributed by atoms with E-state index in [0.29, 0.717) is 29.7 Å². The standard InChI is InChI=1S/C28H31ClN2O5/c1-16-20-12-22(31(2)21(20)13-23(35-3)25(16)29)26(32)30-28(14-36-15-28)19-10-8-18(9-11-19)24(27(33)34)17-6-4-5-7-17/h8-13,17,24H,4-7,14-15H2,1-3H3,(H,30,32)(H,33,34). The number of hydrogen-bond donors (Lipinski definition) is 2. The van der Waals surface area contributed by atoms with E-state index in [2.05, 4.69) is 5.32 Å². The average molecular weight is 511 g/mol. The number of halogens is 1. The first-order valence-electron chi connectivity index (χ1n) is 12.3. The third-order valence-electron chi connectivity index (χ3n) is 7.96. The summed E-state index contributed by atoms with van der Waals surface area (Å²) in [4.78, 5) is 25.5. The Morgan fingerprint density at radius 1 is 1.19 bits per heavy atom. The summed E-state index contributed by atoms with van der Waals surface area (Å²) >= 11 is 6.44. The Kier molecular flexibility index (Phi) is 6.47. The molecular formula is C28H31ClN2O5. The van der Waals surface area contributed by atoms with Gasteiger partial charge in [0.15, 0.2) is 0 Å². The van der Waals surface area contributed by atoms with Crippen LogP contribution in [0.4, 0.5) is 0 Å². The van der Waals surface area contributed by atoms with Crippen molar-refractivity contribution in [1.82, 2.24) is 9.88 Å². The predicted octanol–water partition coefficient (Wildman–Crippen LogP) is 5.16. The van der Waals surface area contributed by atoms with Gasteiger partial charge in [-0.25, -0.2) is 0 Å². The number of amides is 1. The Balaban J connectivity index is 1.42. The van der Waals surface area contributed by atoms with E-state index in [0.717, 1.165) is 53.3 Å². The highest BCUT2D eigenvalue weighted by Crippen LogP contribution is 2.39. The van der Waals surface area contributed by atoms with E-state index in [1.54, 1.807) is 7.11 Å². The van der Waals surface area contributed by atoms with E-state index < -0.39 is 17.4 Å². The Morgan fingerprint density at radius 2 is 1.86 bits per heavy atom. The number of carboxylic acids is 1. The molecule has 8 heteroatoms. The van der Waals surface area contributed by atoms with Crippen LogP contribution in [0.25, 0.3) is 10.9 Å². The smallest absolute Gasteiger partial charge is 0.311 e. The number of fused-ring (bicyclic) bond motifs is 1. The minimum atomic E-state index is -0.771. The molecule has 0 spiro atoms. The SMILES string of the molecule is COc1cc2c(cc(C(=O)NC3(c4ccc(C(C(=O)O)C5CCCC5)cc4)COC3)n2C)c(C)c1Cl. The van der Waals surface area contributed by atoms with Gasteiger partial charge in [-0.15, -0.1) is 0 Å². The summed E-state index contributed by atoms with van der Waals surface area (Å²) in [7, 11) is 3.42. The molecule has 1 unspecified atom stereocenters. The third-order valence-corrected chi connectivity index (χ3v) is 8.43. The number of carbonyl (C=O) groups is 2. The number of carbonyl (C=O) groups excluding carboxylic acids is 1. The maximum atomic E-state index is 13.5. The lowest BCUT2D eigenvalue weighted by Crippen LogP contribution is -2.59. The lowest BCUT2D eigenvalue weighted by Gasteiger charge is -2.42. The zero-order chi connectivity index (χ0) is 25.6. The summed E-state index contributed by atoms with van der Waals surface area (Å²) in [5, 5.41) is 14.5. The molecule has 2 heterocycles. The monoisotopic (exact) mass is 510 g/mol. The van der Waals surface area contributed by atoms with Gasteiger partial charge in [-0.2, -0.15) is 0 Å². The number of hydrogen-bond acceptors (Lipinski definition) is 4. The van der Waals surface area contributed by atoms with Crippen LogP contribution in [0, 0.1) is 12.8 Å². The van der Waals surface area contributed by atoms with Crippen LogP contribution in [0.3, 0.4) is 0 Å². The first kappa shape index (κ1) is 24.7. The van der Waals surface area contributed by atoms with Crippen molar-refractivity contribution in [2.75, 3.05) is 20.3 Å². The van der Waals surface area contributed by atoms with E-state index in [4.69, 9.17) is 21.1 Å². The van der Waals surface area contributed by atoms with Crippen molar-refractivity contribution in [3.8, 4) is 5.75 Å². The maximum Gasteiger partial charge on any atom is 0.311 e. The van der Waals surface area contributed by atoms with Crippen molar-refractivity contribution in [1.29, 1.82) is 0 Å². The minimum Gasteiger partial charge on any atom is -0.495 e.